The van der Waals surface area contributed by atoms with E-state index in [1.165, 1.54) is 0 Å². The van der Waals surface area contributed by atoms with E-state index in [0.29, 0.717) is 23.2 Å². The number of anilines is 3. The Balaban J connectivity index is 1.55. The molecule has 132 valence electrons. The van der Waals surface area contributed by atoms with E-state index in [-0.39, 0.29) is 12.1 Å². The Bertz CT molecular complexity index is 769. The average molecular weight is 361 g/mol. The molecule has 1 aliphatic heterocycles. The molecule has 0 aliphatic carbocycles. The third-order valence-electron chi connectivity index (χ3n) is 4.14. The highest BCUT2D eigenvalue weighted by molar-refractivity contribution is 6.31. The molecule has 25 heavy (non-hydrogen) atoms. The van der Waals surface area contributed by atoms with Crippen LogP contribution in [0.15, 0.2) is 30.5 Å². The quantitative estimate of drug-likeness (QED) is 0.781. The molecule has 0 unspecified atom stereocenters. The van der Waals surface area contributed by atoms with Crippen molar-refractivity contribution >= 4 is 35.1 Å². The molecule has 3 N–H and O–H groups in total. The number of halogens is 1. The van der Waals surface area contributed by atoms with Crippen LogP contribution in [0, 0.1) is 6.92 Å². The Hall–Kier alpha value is -2.54. The van der Waals surface area contributed by atoms with Crippen molar-refractivity contribution in [3.05, 3.63) is 41.0 Å². The topological polar surface area (TPSA) is 82.2 Å². The highest BCUT2D eigenvalue weighted by Gasteiger charge is 2.25. The summed E-state index contributed by atoms with van der Waals surface area (Å²) in [5.41, 5.74) is 1.65. The van der Waals surface area contributed by atoms with E-state index in [1.54, 1.807) is 19.3 Å². The van der Waals surface area contributed by atoms with Gasteiger partial charge in [-0.05, 0) is 37.1 Å². The first kappa shape index (κ1) is 17.3. The molecule has 1 aromatic carbocycles. The van der Waals surface area contributed by atoms with Crippen molar-refractivity contribution < 1.29 is 4.79 Å². The van der Waals surface area contributed by atoms with Gasteiger partial charge in [0.15, 0.2) is 0 Å². The molecule has 2 heterocycles. The normalized spacial score (nSPS) is 16.6. The van der Waals surface area contributed by atoms with E-state index < -0.39 is 0 Å². The van der Waals surface area contributed by atoms with Crippen molar-refractivity contribution in [2.75, 3.05) is 35.7 Å². The summed E-state index contributed by atoms with van der Waals surface area (Å²) in [5, 5.41) is 9.38. The zero-order chi connectivity index (χ0) is 17.8. The van der Waals surface area contributed by atoms with E-state index >= 15 is 0 Å². The van der Waals surface area contributed by atoms with Crippen LogP contribution in [-0.2, 0) is 0 Å². The highest BCUT2D eigenvalue weighted by Crippen LogP contribution is 2.21. The fourth-order valence-corrected chi connectivity index (χ4v) is 2.94. The van der Waals surface area contributed by atoms with Gasteiger partial charge in [0.05, 0.1) is 0 Å². The molecule has 3 rings (SSSR count). The summed E-state index contributed by atoms with van der Waals surface area (Å²) in [5.74, 6) is 1.44. The number of rotatable bonds is 4. The van der Waals surface area contributed by atoms with Gasteiger partial charge in [-0.2, -0.15) is 4.98 Å². The van der Waals surface area contributed by atoms with E-state index in [4.69, 9.17) is 11.6 Å². The lowest BCUT2D eigenvalue weighted by Gasteiger charge is -2.18. The van der Waals surface area contributed by atoms with Crippen molar-refractivity contribution in [2.24, 2.45) is 0 Å². The zero-order valence-electron chi connectivity index (χ0n) is 14.2. The van der Waals surface area contributed by atoms with Crippen LogP contribution in [0.3, 0.4) is 0 Å². The first-order valence-corrected chi connectivity index (χ1v) is 8.52. The Morgan fingerprint density at radius 1 is 1.36 bits per heavy atom. The fraction of sp³-hybridized carbons (Fsp3) is 0.353. The Kier molecular flexibility index (Phi) is 5.23. The molecule has 0 bridgehead atoms. The van der Waals surface area contributed by atoms with Gasteiger partial charge in [-0.3, -0.25) is 0 Å². The molecule has 1 aliphatic rings. The number of nitrogens with one attached hydrogen (secondary N) is 3. The van der Waals surface area contributed by atoms with Crippen molar-refractivity contribution in [1.29, 1.82) is 0 Å². The van der Waals surface area contributed by atoms with E-state index in [1.807, 2.05) is 25.1 Å². The summed E-state index contributed by atoms with van der Waals surface area (Å²) in [6, 6.07) is 7.17. The summed E-state index contributed by atoms with van der Waals surface area (Å²) >= 11 is 6.08. The van der Waals surface area contributed by atoms with E-state index in [0.717, 1.165) is 24.3 Å². The maximum atomic E-state index is 12.2. The third-order valence-corrected chi connectivity index (χ3v) is 4.55. The van der Waals surface area contributed by atoms with E-state index in [9.17, 15) is 4.79 Å². The number of carbonyl (C=O) groups excluding carboxylic acids is 1. The third kappa shape index (κ3) is 4.30. The van der Waals surface area contributed by atoms with Crippen LogP contribution in [0.25, 0.3) is 0 Å². The molecular formula is C17H21ClN6O. The summed E-state index contributed by atoms with van der Waals surface area (Å²) in [4.78, 5) is 22.9. The fourth-order valence-electron chi connectivity index (χ4n) is 2.76. The molecule has 8 heteroatoms. The zero-order valence-corrected chi connectivity index (χ0v) is 15.0. The Labute approximate surface area is 151 Å². The van der Waals surface area contributed by atoms with Gasteiger partial charge in [-0.25, -0.2) is 9.78 Å². The predicted octanol–water partition coefficient (Wildman–Crippen LogP) is 2.88. The number of urea groups is 1. The lowest BCUT2D eigenvalue weighted by atomic mass is 10.2. The largest absolute Gasteiger partial charge is 0.357 e. The van der Waals surface area contributed by atoms with Gasteiger partial charge >= 0.3 is 6.03 Å². The van der Waals surface area contributed by atoms with Gasteiger partial charge < -0.3 is 20.9 Å². The summed E-state index contributed by atoms with van der Waals surface area (Å²) < 4.78 is 0. The monoisotopic (exact) mass is 360 g/mol. The summed E-state index contributed by atoms with van der Waals surface area (Å²) in [6.45, 7) is 3.47. The lowest BCUT2D eigenvalue weighted by molar-refractivity contribution is 0.249. The van der Waals surface area contributed by atoms with Gasteiger partial charge in [0, 0.05) is 43.1 Å². The van der Waals surface area contributed by atoms with Crippen molar-refractivity contribution in [1.82, 2.24) is 15.3 Å². The molecule has 1 aromatic heterocycles. The second kappa shape index (κ2) is 7.57. The van der Waals surface area contributed by atoms with Crippen LogP contribution in [0.5, 0.6) is 0 Å². The van der Waals surface area contributed by atoms with Crippen LogP contribution >= 0.6 is 11.6 Å². The highest BCUT2D eigenvalue weighted by atomic mass is 35.5. The van der Waals surface area contributed by atoms with Gasteiger partial charge in [0.2, 0.25) is 5.95 Å². The van der Waals surface area contributed by atoms with Crippen LogP contribution in [0.4, 0.5) is 22.2 Å². The second-order valence-corrected chi connectivity index (χ2v) is 6.39. The van der Waals surface area contributed by atoms with Gasteiger partial charge in [0.1, 0.15) is 5.82 Å². The SMILES string of the molecule is CNc1nccc(N2CC[C@H](NC(=O)Nc3ccc(C)c(Cl)c3)C2)n1. The summed E-state index contributed by atoms with van der Waals surface area (Å²) in [6.07, 6.45) is 2.59. The number of aryl methyl sites for hydroxylation is 1. The van der Waals surface area contributed by atoms with Gasteiger partial charge in [-0.15, -0.1) is 0 Å². The minimum Gasteiger partial charge on any atom is -0.357 e. The van der Waals surface area contributed by atoms with Crippen LogP contribution in [-0.4, -0.2) is 42.2 Å². The molecular weight excluding hydrogens is 340 g/mol. The van der Waals surface area contributed by atoms with Crippen LogP contribution < -0.4 is 20.9 Å². The molecule has 7 nitrogen and oxygen atoms in total. The minimum atomic E-state index is -0.231. The Morgan fingerprint density at radius 3 is 2.96 bits per heavy atom. The number of hydrogen-bond donors (Lipinski definition) is 3. The number of aromatic nitrogens is 2. The minimum absolute atomic E-state index is 0.0638. The second-order valence-electron chi connectivity index (χ2n) is 5.98. The van der Waals surface area contributed by atoms with Gasteiger partial charge in [-0.1, -0.05) is 17.7 Å². The van der Waals surface area contributed by atoms with Gasteiger partial charge in [0.25, 0.3) is 0 Å². The first-order valence-electron chi connectivity index (χ1n) is 8.14. The molecule has 0 radical (unpaired) electrons. The molecule has 1 fully saturated rings. The first-order chi connectivity index (χ1) is 12.0. The number of hydrogen-bond acceptors (Lipinski definition) is 5. The number of carbonyl (C=O) groups is 1. The van der Waals surface area contributed by atoms with Crippen molar-refractivity contribution in [3.8, 4) is 0 Å². The molecule has 0 spiro atoms. The average Bonchev–Trinajstić information content (AvgIpc) is 3.06. The summed E-state index contributed by atoms with van der Waals surface area (Å²) in [7, 11) is 1.79. The number of amides is 2. The molecule has 1 saturated heterocycles. The molecule has 2 amide bonds. The van der Waals surface area contributed by atoms with Crippen LogP contribution in [0.1, 0.15) is 12.0 Å². The maximum absolute atomic E-state index is 12.2. The Morgan fingerprint density at radius 2 is 2.20 bits per heavy atom. The molecule has 2 aromatic rings. The van der Waals surface area contributed by atoms with E-state index in [2.05, 4.69) is 30.8 Å². The smallest absolute Gasteiger partial charge is 0.319 e. The van der Waals surface area contributed by atoms with Crippen molar-refractivity contribution in [2.45, 2.75) is 19.4 Å². The maximum Gasteiger partial charge on any atom is 0.319 e. The van der Waals surface area contributed by atoms with Crippen LogP contribution in [0.2, 0.25) is 5.02 Å². The molecule has 0 saturated carbocycles. The van der Waals surface area contributed by atoms with Crippen molar-refractivity contribution in [3.63, 3.8) is 0 Å². The predicted molar refractivity (Wildman–Crippen MR) is 101 cm³/mol. The number of benzene rings is 1. The lowest BCUT2D eigenvalue weighted by Crippen LogP contribution is -2.39. The number of nitrogens with zero attached hydrogens (tertiary/aromatic N) is 3. The molecule has 1 atom stereocenters. The standard InChI is InChI=1S/C17H21ClN6O/c1-11-3-4-12(9-14(11)18)21-17(25)22-13-6-8-24(10-13)15-5-7-20-16(19-2)23-15/h3-5,7,9,13H,6,8,10H2,1-2H3,(H,19,20,23)(H2,21,22,25)/t13-/m0/s1.